The van der Waals surface area contributed by atoms with E-state index in [1.54, 1.807) is 12.1 Å². The van der Waals surface area contributed by atoms with E-state index in [0.29, 0.717) is 6.61 Å². The van der Waals surface area contributed by atoms with Crippen molar-refractivity contribution in [2.24, 2.45) is 0 Å². The molecule has 0 heterocycles. The molecule has 0 saturated carbocycles. The van der Waals surface area contributed by atoms with E-state index in [1.807, 2.05) is 44.3 Å². The Hall–Kier alpha value is -1.87. The highest BCUT2D eigenvalue weighted by Crippen LogP contribution is 2.30. The molecule has 3 heteroatoms. The van der Waals surface area contributed by atoms with Crippen molar-refractivity contribution in [3.8, 4) is 5.75 Å². The van der Waals surface area contributed by atoms with Crippen molar-refractivity contribution in [3.05, 3.63) is 65.5 Å². The molecular weight excluding hydrogens is 241 g/mol. The molecule has 1 N–H and O–H groups in total. The van der Waals surface area contributed by atoms with Gasteiger partial charge in [-0.15, -0.1) is 0 Å². The second-order valence-electron chi connectivity index (χ2n) is 4.25. The number of hydrogen-bond acceptors (Lipinski definition) is 2. The summed E-state index contributed by atoms with van der Waals surface area (Å²) in [6.07, 6.45) is 0. The maximum atomic E-state index is 13.4. The van der Waals surface area contributed by atoms with E-state index < -0.39 is 0 Å². The van der Waals surface area contributed by atoms with Crippen LogP contribution in [0.1, 0.15) is 24.1 Å². The van der Waals surface area contributed by atoms with E-state index in [-0.39, 0.29) is 11.9 Å². The van der Waals surface area contributed by atoms with Crippen molar-refractivity contribution < 1.29 is 9.13 Å². The van der Waals surface area contributed by atoms with Crippen LogP contribution in [0.4, 0.5) is 4.39 Å². The van der Waals surface area contributed by atoms with Gasteiger partial charge in [-0.05, 0) is 37.7 Å². The van der Waals surface area contributed by atoms with Crippen molar-refractivity contribution in [3.63, 3.8) is 0 Å². The fourth-order valence-electron chi connectivity index (χ4n) is 2.19. The van der Waals surface area contributed by atoms with Gasteiger partial charge in [0.2, 0.25) is 0 Å². The highest BCUT2D eigenvalue weighted by Gasteiger charge is 2.16. The van der Waals surface area contributed by atoms with Gasteiger partial charge in [-0.3, -0.25) is 0 Å². The molecule has 2 rings (SSSR count). The number of benzene rings is 2. The van der Waals surface area contributed by atoms with Crippen LogP contribution in [0.15, 0.2) is 48.5 Å². The summed E-state index contributed by atoms with van der Waals surface area (Å²) in [5, 5.41) is 3.21. The molecule has 0 fully saturated rings. The molecule has 0 aliphatic rings. The molecule has 1 atom stereocenters. The molecule has 100 valence electrons. The first-order valence-electron chi connectivity index (χ1n) is 6.40. The molecule has 0 aliphatic heterocycles. The SMILES string of the molecule is CCOc1ccccc1C(NC)c1cccc(F)c1. The van der Waals surface area contributed by atoms with Crippen molar-refractivity contribution >= 4 is 0 Å². The number of hydrogen-bond donors (Lipinski definition) is 1. The summed E-state index contributed by atoms with van der Waals surface area (Å²) in [6, 6.07) is 14.4. The van der Waals surface area contributed by atoms with Gasteiger partial charge in [0.25, 0.3) is 0 Å². The lowest BCUT2D eigenvalue weighted by Gasteiger charge is -2.20. The number of rotatable bonds is 5. The average Bonchev–Trinajstić information content (AvgIpc) is 2.42. The summed E-state index contributed by atoms with van der Waals surface area (Å²) >= 11 is 0. The molecule has 0 saturated heterocycles. The highest BCUT2D eigenvalue weighted by atomic mass is 19.1. The summed E-state index contributed by atoms with van der Waals surface area (Å²) in [6.45, 7) is 2.56. The molecule has 0 aliphatic carbocycles. The van der Waals surface area contributed by atoms with Crippen LogP contribution >= 0.6 is 0 Å². The van der Waals surface area contributed by atoms with Crippen molar-refractivity contribution in [2.75, 3.05) is 13.7 Å². The van der Waals surface area contributed by atoms with E-state index in [4.69, 9.17) is 4.74 Å². The minimum Gasteiger partial charge on any atom is -0.494 e. The Morgan fingerprint density at radius 3 is 2.63 bits per heavy atom. The van der Waals surface area contributed by atoms with Crippen LogP contribution in [0.2, 0.25) is 0 Å². The Kier molecular flexibility index (Phi) is 4.53. The molecule has 2 nitrogen and oxygen atoms in total. The predicted octanol–water partition coefficient (Wildman–Crippen LogP) is 3.53. The maximum absolute atomic E-state index is 13.4. The van der Waals surface area contributed by atoms with Crippen LogP contribution in [0.25, 0.3) is 0 Å². The van der Waals surface area contributed by atoms with Crippen molar-refractivity contribution in [2.45, 2.75) is 13.0 Å². The van der Waals surface area contributed by atoms with E-state index in [0.717, 1.165) is 16.9 Å². The fraction of sp³-hybridized carbons (Fsp3) is 0.250. The highest BCUT2D eigenvalue weighted by molar-refractivity contribution is 5.41. The lowest BCUT2D eigenvalue weighted by molar-refractivity contribution is 0.334. The normalized spacial score (nSPS) is 12.2. The quantitative estimate of drug-likeness (QED) is 0.887. The van der Waals surface area contributed by atoms with Crippen molar-refractivity contribution in [1.82, 2.24) is 5.32 Å². The molecule has 0 spiro atoms. The average molecular weight is 259 g/mol. The third kappa shape index (κ3) is 3.12. The zero-order valence-electron chi connectivity index (χ0n) is 11.2. The molecule has 1 unspecified atom stereocenters. The zero-order chi connectivity index (χ0) is 13.7. The first-order chi connectivity index (χ1) is 9.26. The molecule has 0 aromatic heterocycles. The van der Waals surface area contributed by atoms with Crippen LogP contribution in [-0.2, 0) is 0 Å². The Bertz CT molecular complexity index is 542. The van der Waals surface area contributed by atoms with Crippen molar-refractivity contribution in [1.29, 1.82) is 0 Å². The number of nitrogens with one attached hydrogen (secondary N) is 1. The Labute approximate surface area is 113 Å². The van der Waals surface area contributed by atoms with E-state index in [9.17, 15) is 4.39 Å². The standard InChI is InChI=1S/C16H18FNO/c1-3-19-15-10-5-4-9-14(15)16(18-2)12-7-6-8-13(17)11-12/h4-11,16,18H,3H2,1-2H3. The second-order valence-corrected chi connectivity index (χ2v) is 4.25. The van der Waals surface area contributed by atoms with Gasteiger partial charge < -0.3 is 10.1 Å². The minimum atomic E-state index is -0.230. The van der Waals surface area contributed by atoms with Crippen LogP contribution < -0.4 is 10.1 Å². The zero-order valence-corrected chi connectivity index (χ0v) is 11.2. The smallest absolute Gasteiger partial charge is 0.124 e. The van der Waals surface area contributed by atoms with Gasteiger partial charge >= 0.3 is 0 Å². The molecule has 0 amide bonds. The number of ether oxygens (including phenoxy) is 1. The van der Waals surface area contributed by atoms with Gasteiger partial charge in [0.15, 0.2) is 0 Å². The lowest BCUT2D eigenvalue weighted by atomic mass is 9.98. The molecule has 2 aromatic carbocycles. The van der Waals surface area contributed by atoms with E-state index in [2.05, 4.69) is 5.32 Å². The van der Waals surface area contributed by atoms with E-state index in [1.165, 1.54) is 6.07 Å². The topological polar surface area (TPSA) is 21.3 Å². The molecule has 0 bridgehead atoms. The lowest BCUT2D eigenvalue weighted by Crippen LogP contribution is -2.18. The van der Waals surface area contributed by atoms with Gasteiger partial charge in [0.1, 0.15) is 11.6 Å². The van der Waals surface area contributed by atoms with Crippen LogP contribution in [0.3, 0.4) is 0 Å². The molecule has 2 aromatic rings. The second kappa shape index (κ2) is 6.34. The summed E-state index contributed by atoms with van der Waals surface area (Å²) in [5.74, 6) is 0.597. The molecular formula is C16H18FNO. The monoisotopic (exact) mass is 259 g/mol. The predicted molar refractivity (Wildman–Crippen MR) is 74.9 cm³/mol. The van der Waals surface area contributed by atoms with E-state index >= 15 is 0 Å². The summed E-state index contributed by atoms with van der Waals surface area (Å²) in [7, 11) is 1.86. The van der Waals surface area contributed by atoms with Gasteiger partial charge in [-0.25, -0.2) is 4.39 Å². The summed E-state index contributed by atoms with van der Waals surface area (Å²) < 4.78 is 19.0. The molecule has 0 radical (unpaired) electrons. The Morgan fingerprint density at radius 1 is 1.16 bits per heavy atom. The number of para-hydroxylation sites is 1. The molecule has 19 heavy (non-hydrogen) atoms. The first kappa shape index (κ1) is 13.6. The van der Waals surface area contributed by atoms with Gasteiger partial charge in [-0.2, -0.15) is 0 Å². The maximum Gasteiger partial charge on any atom is 0.124 e. The van der Waals surface area contributed by atoms with Crippen LogP contribution in [0, 0.1) is 5.82 Å². The van der Waals surface area contributed by atoms with Crippen LogP contribution in [0.5, 0.6) is 5.75 Å². The van der Waals surface area contributed by atoms with Gasteiger partial charge in [0, 0.05) is 5.56 Å². The first-order valence-corrected chi connectivity index (χ1v) is 6.40. The van der Waals surface area contributed by atoms with Gasteiger partial charge in [0.05, 0.1) is 12.6 Å². The summed E-state index contributed by atoms with van der Waals surface area (Å²) in [5.41, 5.74) is 1.90. The summed E-state index contributed by atoms with van der Waals surface area (Å²) in [4.78, 5) is 0. The Balaban J connectivity index is 2.42. The minimum absolute atomic E-state index is 0.0848. The van der Waals surface area contributed by atoms with Gasteiger partial charge in [-0.1, -0.05) is 30.3 Å². The third-order valence-electron chi connectivity index (χ3n) is 3.00. The fourth-order valence-corrected chi connectivity index (χ4v) is 2.19. The largest absolute Gasteiger partial charge is 0.494 e. The van der Waals surface area contributed by atoms with Crippen LogP contribution in [-0.4, -0.2) is 13.7 Å². The Morgan fingerprint density at radius 2 is 1.95 bits per heavy atom. The third-order valence-corrected chi connectivity index (χ3v) is 3.00. The number of halogens is 1.